The molecule has 0 aliphatic rings. The highest BCUT2D eigenvalue weighted by molar-refractivity contribution is 5.83. The third kappa shape index (κ3) is 8.54. The molecular formula is C56H70N2. The van der Waals surface area contributed by atoms with Gasteiger partial charge in [-0.15, -0.1) is 0 Å². The third-order valence-electron chi connectivity index (χ3n) is 13.0. The molecule has 6 rings (SSSR count). The summed E-state index contributed by atoms with van der Waals surface area (Å²) in [5.41, 5.74) is 18.3. The second kappa shape index (κ2) is 16.5. The van der Waals surface area contributed by atoms with Gasteiger partial charge in [0.05, 0.1) is 5.69 Å². The van der Waals surface area contributed by atoms with Crippen LogP contribution in [0.4, 0.5) is 0 Å². The zero-order valence-corrected chi connectivity index (χ0v) is 38.3. The Balaban J connectivity index is 1.58. The average molecular weight is 771 g/mol. The van der Waals surface area contributed by atoms with Crippen LogP contribution in [0, 0.1) is 0 Å². The summed E-state index contributed by atoms with van der Waals surface area (Å²) < 4.78 is 2.58. The number of rotatable bonds is 11. The van der Waals surface area contributed by atoms with Crippen LogP contribution in [0.15, 0.2) is 109 Å². The smallest absolute Gasteiger partial charge is 0.144 e. The van der Waals surface area contributed by atoms with Gasteiger partial charge in [-0.05, 0) is 134 Å². The van der Waals surface area contributed by atoms with E-state index in [1.54, 1.807) is 0 Å². The Morgan fingerprint density at radius 2 is 0.828 bits per heavy atom. The van der Waals surface area contributed by atoms with Crippen molar-refractivity contribution in [1.82, 2.24) is 9.55 Å². The lowest BCUT2D eigenvalue weighted by Gasteiger charge is -2.33. The van der Waals surface area contributed by atoms with Gasteiger partial charge in [0.15, 0.2) is 0 Å². The van der Waals surface area contributed by atoms with Crippen molar-refractivity contribution in [1.29, 1.82) is 0 Å². The summed E-state index contributed by atoms with van der Waals surface area (Å²) in [6.07, 6.45) is 7.33. The van der Waals surface area contributed by atoms with Crippen molar-refractivity contribution < 1.29 is 0 Å². The van der Waals surface area contributed by atoms with Gasteiger partial charge in [-0.2, -0.15) is 0 Å². The summed E-state index contributed by atoms with van der Waals surface area (Å²) in [7, 11) is 0. The van der Waals surface area contributed by atoms with Crippen LogP contribution >= 0.6 is 0 Å². The van der Waals surface area contributed by atoms with Gasteiger partial charge in [0, 0.05) is 22.9 Å². The fraction of sp³-hybridized carbons (Fsp3) is 0.411. The number of aromatic nitrogens is 2. The van der Waals surface area contributed by atoms with E-state index in [-0.39, 0.29) is 21.7 Å². The van der Waals surface area contributed by atoms with Crippen LogP contribution in [-0.2, 0) is 34.5 Å². The summed E-state index contributed by atoms with van der Waals surface area (Å²) in [5.74, 6) is 1.02. The number of hydrogen-bond donors (Lipinski definition) is 0. The minimum atomic E-state index is 0.0237. The molecule has 0 aliphatic heterocycles. The number of imidazole rings is 1. The standard InChI is InChI=1S/C56H70N2/c1-15-38-35-49(55(12,13)14)36-39(16-2)51(38)58-50(56(17-3,18-4)19-5)37-57-52(58)43-22-20-21-42(31-43)46-33-44(40-23-27-47(28-24-40)53(6,7)8)32-45(34-46)41-25-29-48(30-26-41)54(9,10)11/h20-37H,15-19H2,1-14H3. The Labute approximate surface area is 352 Å². The summed E-state index contributed by atoms with van der Waals surface area (Å²) >= 11 is 0. The van der Waals surface area contributed by atoms with E-state index in [4.69, 9.17) is 4.98 Å². The fourth-order valence-electron chi connectivity index (χ4n) is 8.76. The molecule has 0 spiro atoms. The quantitative estimate of drug-likeness (QED) is 0.128. The maximum atomic E-state index is 5.38. The highest BCUT2D eigenvalue weighted by atomic mass is 15.1. The Morgan fingerprint density at radius 1 is 0.431 bits per heavy atom. The normalized spacial score (nSPS) is 12.7. The predicted octanol–water partition coefficient (Wildman–Crippen LogP) is 16.0. The zero-order chi connectivity index (χ0) is 42.2. The minimum Gasteiger partial charge on any atom is -0.296 e. The third-order valence-corrected chi connectivity index (χ3v) is 13.0. The van der Waals surface area contributed by atoms with Gasteiger partial charge < -0.3 is 0 Å². The monoisotopic (exact) mass is 771 g/mol. The molecule has 2 nitrogen and oxygen atoms in total. The van der Waals surface area contributed by atoms with Crippen molar-refractivity contribution in [2.24, 2.45) is 0 Å². The molecule has 0 saturated carbocycles. The second-order valence-corrected chi connectivity index (χ2v) is 19.8. The van der Waals surface area contributed by atoms with Crippen LogP contribution < -0.4 is 0 Å². The lowest BCUT2D eigenvalue weighted by molar-refractivity contribution is 0.365. The summed E-state index contributed by atoms with van der Waals surface area (Å²) in [6.45, 7) is 32.4. The van der Waals surface area contributed by atoms with Crippen molar-refractivity contribution in [2.75, 3.05) is 0 Å². The molecule has 6 aromatic rings. The first-order valence-corrected chi connectivity index (χ1v) is 22.1. The highest BCUT2D eigenvalue weighted by Crippen LogP contribution is 2.43. The van der Waals surface area contributed by atoms with E-state index in [1.165, 1.54) is 72.6 Å². The Morgan fingerprint density at radius 3 is 1.22 bits per heavy atom. The predicted molar refractivity (Wildman–Crippen MR) is 253 cm³/mol. The number of aryl methyl sites for hydroxylation is 2. The molecule has 0 amide bonds. The molecule has 0 aliphatic carbocycles. The lowest BCUT2D eigenvalue weighted by Crippen LogP contribution is -2.27. The molecule has 0 saturated heterocycles. The molecular weight excluding hydrogens is 701 g/mol. The second-order valence-electron chi connectivity index (χ2n) is 19.8. The molecule has 0 bridgehead atoms. The maximum Gasteiger partial charge on any atom is 0.144 e. The van der Waals surface area contributed by atoms with Gasteiger partial charge in [0.25, 0.3) is 0 Å². The van der Waals surface area contributed by atoms with Crippen LogP contribution in [-0.4, -0.2) is 9.55 Å². The van der Waals surface area contributed by atoms with Gasteiger partial charge in [0.2, 0.25) is 0 Å². The van der Waals surface area contributed by atoms with Crippen molar-refractivity contribution in [2.45, 2.75) is 151 Å². The van der Waals surface area contributed by atoms with Gasteiger partial charge in [-0.25, -0.2) is 4.98 Å². The van der Waals surface area contributed by atoms with E-state index in [0.717, 1.165) is 43.5 Å². The first-order chi connectivity index (χ1) is 27.4. The zero-order valence-electron chi connectivity index (χ0n) is 38.3. The van der Waals surface area contributed by atoms with E-state index in [1.807, 2.05) is 0 Å². The average Bonchev–Trinajstić information content (AvgIpc) is 3.65. The van der Waals surface area contributed by atoms with Crippen molar-refractivity contribution in [3.63, 3.8) is 0 Å². The fourth-order valence-corrected chi connectivity index (χ4v) is 8.76. The number of hydrogen-bond acceptors (Lipinski definition) is 1. The molecule has 0 fully saturated rings. The maximum absolute atomic E-state index is 5.38. The topological polar surface area (TPSA) is 17.8 Å². The van der Waals surface area contributed by atoms with Gasteiger partial charge in [0.1, 0.15) is 5.82 Å². The van der Waals surface area contributed by atoms with Gasteiger partial charge in [-0.3, -0.25) is 4.57 Å². The lowest BCUT2D eigenvalue weighted by atomic mass is 9.76. The van der Waals surface area contributed by atoms with Crippen LogP contribution in [0.1, 0.15) is 150 Å². The molecule has 1 aromatic heterocycles. The molecule has 304 valence electrons. The van der Waals surface area contributed by atoms with Crippen LogP contribution in [0.3, 0.4) is 0 Å². The van der Waals surface area contributed by atoms with Crippen LogP contribution in [0.5, 0.6) is 0 Å². The molecule has 0 N–H and O–H groups in total. The van der Waals surface area contributed by atoms with Gasteiger partial charge >= 0.3 is 0 Å². The number of benzene rings is 5. The molecule has 2 heteroatoms. The van der Waals surface area contributed by atoms with E-state index in [2.05, 4.69) is 211 Å². The Hall–Kier alpha value is -4.69. The largest absolute Gasteiger partial charge is 0.296 e. The minimum absolute atomic E-state index is 0.0237. The van der Waals surface area contributed by atoms with Crippen molar-refractivity contribution in [3.05, 3.63) is 143 Å². The van der Waals surface area contributed by atoms with E-state index < -0.39 is 0 Å². The Bertz CT molecular complexity index is 2230. The van der Waals surface area contributed by atoms with Crippen molar-refractivity contribution >= 4 is 0 Å². The van der Waals surface area contributed by atoms with E-state index >= 15 is 0 Å². The summed E-state index contributed by atoms with van der Waals surface area (Å²) in [5, 5.41) is 0. The number of nitrogens with zero attached hydrogens (tertiary/aromatic N) is 2. The van der Waals surface area contributed by atoms with Crippen LogP contribution in [0.25, 0.3) is 50.5 Å². The molecule has 0 atom stereocenters. The van der Waals surface area contributed by atoms with E-state index in [9.17, 15) is 0 Å². The first kappa shape index (κ1) is 42.9. The Kier molecular flexibility index (Phi) is 12.2. The molecule has 58 heavy (non-hydrogen) atoms. The van der Waals surface area contributed by atoms with Crippen LogP contribution in [0.2, 0.25) is 0 Å². The summed E-state index contributed by atoms with van der Waals surface area (Å²) in [4.78, 5) is 5.38. The summed E-state index contributed by atoms with van der Waals surface area (Å²) in [6, 6.07) is 39.6. The van der Waals surface area contributed by atoms with Crippen molar-refractivity contribution in [3.8, 4) is 50.5 Å². The molecule has 0 radical (unpaired) electrons. The van der Waals surface area contributed by atoms with E-state index in [0.29, 0.717) is 0 Å². The first-order valence-electron chi connectivity index (χ1n) is 22.1. The molecule has 5 aromatic carbocycles. The molecule has 1 heterocycles. The highest BCUT2D eigenvalue weighted by Gasteiger charge is 2.34. The molecule has 0 unspecified atom stereocenters. The van der Waals surface area contributed by atoms with Gasteiger partial charge in [-0.1, -0.05) is 176 Å². The SMILES string of the molecule is CCc1cc(C(C)(C)C)cc(CC)c1-n1c(C(CC)(CC)CC)cnc1-c1cccc(-c2cc(-c3ccc(C(C)(C)C)cc3)cc(-c3ccc(C(C)(C)C)cc3)c2)c1.